The second kappa shape index (κ2) is 8.68. The Morgan fingerprint density at radius 1 is 1.23 bits per heavy atom. The zero-order valence-corrected chi connectivity index (χ0v) is 16.2. The molecule has 3 fully saturated rings. The molecule has 2 saturated heterocycles. The van der Waals surface area contributed by atoms with E-state index in [0.717, 1.165) is 12.8 Å². The highest BCUT2D eigenvalue weighted by molar-refractivity contribution is 5.90. The zero-order chi connectivity index (χ0) is 21.3. The first-order chi connectivity index (χ1) is 14.4. The fourth-order valence-electron chi connectivity index (χ4n) is 3.61. The summed E-state index contributed by atoms with van der Waals surface area (Å²) < 4.78 is 44.4. The van der Waals surface area contributed by atoms with E-state index >= 15 is 0 Å². The number of amides is 2. The van der Waals surface area contributed by atoms with E-state index in [4.69, 9.17) is 9.57 Å². The first-order valence-electron chi connectivity index (χ1n) is 9.90. The summed E-state index contributed by atoms with van der Waals surface area (Å²) in [5.41, 5.74) is 0.725. The SMILES string of the molecule is O=C(NCC1CN(c2ccc(N3CCON(C4CC4)CC3)c(F)c2)C(=O)O1)C(F)F. The number of anilines is 2. The van der Waals surface area contributed by atoms with Crippen molar-refractivity contribution in [2.75, 3.05) is 49.1 Å². The predicted octanol–water partition coefficient (Wildman–Crippen LogP) is 1.75. The van der Waals surface area contributed by atoms with Crippen LogP contribution in [0.2, 0.25) is 0 Å². The number of rotatable bonds is 6. The van der Waals surface area contributed by atoms with Crippen LogP contribution in [0.25, 0.3) is 0 Å². The lowest BCUT2D eigenvalue weighted by atomic mass is 10.2. The van der Waals surface area contributed by atoms with Gasteiger partial charge in [-0.25, -0.2) is 9.18 Å². The number of ether oxygens (including phenoxy) is 1. The van der Waals surface area contributed by atoms with E-state index in [1.54, 1.807) is 12.1 Å². The Kier molecular flexibility index (Phi) is 6.00. The molecule has 1 aliphatic carbocycles. The number of carbonyl (C=O) groups excluding carboxylic acids is 2. The monoisotopic (exact) mass is 428 g/mol. The summed E-state index contributed by atoms with van der Waals surface area (Å²) in [5.74, 6) is -1.91. The molecule has 0 aromatic heterocycles. The lowest BCUT2D eigenvalue weighted by molar-refractivity contribution is -0.154. The predicted molar refractivity (Wildman–Crippen MR) is 101 cm³/mol. The van der Waals surface area contributed by atoms with Crippen molar-refractivity contribution in [3.8, 4) is 0 Å². The molecule has 3 aliphatic rings. The largest absolute Gasteiger partial charge is 0.442 e. The molecular weight excluding hydrogens is 405 g/mol. The molecule has 4 rings (SSSR count). The van der Waals surface area contributed by atoms with Gasteiger partial charge in [-0.1, -0.05) is 0 Å². The number of halogens is 3. The molecule has 30 heavy (non-hydrogen) atoms. The molecule has 1 N–H and O–H groups in total. The second-order valence-corrected chi connectivity index (χ2v) is 7.49. The van der Waals surface area contributed by atoms with Crippen LogP contribution in [-0.2, 0) is 14.4 Å². The summed E-state index contributed by atoms with van der Waals surface area (Å²) >= 11 is 0. The number of carbonyl (C=O) groups is 2. The van der Waals surface area contributed by atoms with Crippen LogP contribution in [0, 0.1) is 5.82 Å². The maximum atomic E-state index is 14.8. The minimum atomic E-state index is -3.14. The lowest BCUT2D eigenvalue weighted by Crippen LogP contribution is -2.37. The van der Waals surface area contributed by atoms with E-state index in [2.05, 4.69) is 0 Å². The Bertz CT molecular complexity index is 808. The van der Waals surface area contributed by atoms with Crippen LogP contribution in [0.3, 0.4) is 0 Å². The van der Waals surface area contributed by atoms with Crippen LogP contribution in [0.15, 0.2) is 18.2 Å². The van der Waals surface area contributed by atoms with Crippen molar-refractivity contribution in [2.45, 2.75) is 31.4 Å². The molecular formula is C19H23F3N4O4. The van der Waals surface area contributed by atoms with Crippen LogP contribution in [0.1, 0.15) is 12.8 Å². The van der Waals surface area contributed by atoms with Crippen molar-refractivity contribution in [3.05, 3.63) is 24.0 Å². The normalized spacial score (nSPS) is 22.9. The summed E-state index contributed by atoms with van der Waals surface area (Å²) in [6.07, 6.45) is -2.40. The molecule has 2 amide bonds. The molecule has 8 nitrogen and oxygen atoms in total. The van der Waals surface area contributed by atoms with E-state index in [0.29, 0.717) is 43.7 Å². The van der Waals surface area contributed by atoms with Crippen LogP contribution in [-0.4, -0.2) is 75.0 Å². The van der Waals surface area contributed by atoms with Gasteiger partial charge in [0, 0.05) is 25.7 Å². The highest BCUT2D eigenvalue weighted by atomic mass is 19.3. The molecule has 0 bridgehead atoms. The van der Waals surface area contributed by atoms with Crippen LogP contribution in [0.5, 0.6) is 0 Å². The average Bonchev–Trinajstić information content (AvgIpc) is 3.51. The fourth-order valence-corrected chi connectivity index (χ4v) is 3.61. The molecule has 11 heteroatoms. The van der Waals surface area contributed by atoms with Gasteiger partial charge in [0.05, 0.1) is 31.1 Å². The van der Waals surface area contributed by atoms with Gasteiger partial charge in [-0.05, 0) is 31.0 Å². The van der Waals surface area contributed by atoms with Gasteiger partial charge >= 0.3 is 12.5 Å². The lowest BCUT2D eigenvalue weighted by Gasteiger charge is -2.24. The van der Waals surface area contributed by atoms with Crippen molar-refractivity contribution < 1.29 is 32.3 Å². The summed E-state index contributed by atoms with van der Waals surface area (Å²) in [7, 11) is 0. The average molecular weight is 428 g/mol. The van der Waals surface area contributed by atoms with Crippen molar-refractivity contribution in [2.24, 2.45) is 0 Å². The van der Waals surface area contributed by atoms with E-state index in [1.807, 2.05) is 15.3 Å². The maximum Gasteiger partial charge on any atom is 0.414 e. The molecule has 1 aromatic carbocycles. The topological polar surface area (TPSA) is 74.4 Å². The molecule has 2 aliphatic heterocycles. The molecule has 1 aromatic rings. The van der Waals surface area contributed by atoms with E-state index in [9.17, 15) is 22.8 Å². The van der Waals surface area contributed by atoms with E-state index < -0.39 is 30.3 Å². The van der Waals surface area contributed by atoms with E-state index in [1.165, 1.54) is 11.0 Å². The van der Waals surface area contributed by atoms with E-state index in [-0.39, 0.29) is 13.1 Å². The number of nitrogens with one attached hydrogen (secondary N) is 1. The Labute approximate surface area is 171 Å². The number of hydrogen-bond acceptors (Lipinski definition) is 6. The van der Waals surface area contributed by atoms with Gasteiger partial charge in [0.2, 0.25) is 0 Å². The van der Waals surface area contributed by atoms with Crippen molar-refractivity contribution in [1.82, 2.24) is 10.4 Å². The number of benzene rings is 1. The van der Waals surface area contributed by atoms with Gasteiger partial charge in [-0.15, -0.1) is 0 Å². The van der Waals surface area contributed by atoms with Crippen LogP contribution >= 0.6 is 0 Å². The van der Waals surface area contributed by atoms with Crippen LogP contribution < -0.4 is 15.1 Å². The minimum Gasteiger partial charge on any atom is -0.442 e. The Morgan fingerprint density at radius 3 is 2.73 bits per heavy atom. The highest BCUT2D eigenvalue weighted by Gasteiger charge is 2.34. The van der Waals surface area contributed by atoms with Gasteiger partial charge in [0.15, 0.2) is 0 Å². The molecule has 1 atom stereocenters. The van der Waals surface area contributed by atoms with Gasteiger partial charge in [-0.2, -0.15) is 13.8 Å². The number of nitrogens with zero attached hydrogens (tertiary/aromatic N) is 3. The Balaban J connectivity index is 1.38. The summed E-state index contributed by atoms with van der Waals surface area (Å²) in [6, 6.07) is 4.94. The van der Waals surface area contributed by atoms with Gasteiger partial charge in [-0.3, -0.25) is 14.5 Å². The number of hydroxylamine groups is 2. The minimum absolute atomic E-state index is 0.0229. The second-order valence-electron chi connectivity index (χ2n) is 7.49. The molecule has 2 heterocycles. The summed E-state index contributed by atoms with van der Waals surface area (Å²) in [5, 5.41) is 3.98. The summed E-state index contributed by atoms with van der Waals surface area (Å²) in [4.78, 5) is 31.9. The van der Waals surface area contributed by atoms with Crippen molar-refractivity contribution >= 4 is 23.4 Å². The molecule has 1 saturated carbocycles. The third-order valence-electron chi connectivity index (χ3n) is 5.32. The fraction of sp³-hybridized carbons (Fsp3) is 0.579. The van der Waals surface area contributed by atoms with Crippen LogP contribution in [0.4, 0.5) is 29.3 Å². The smallest absolute Gasteiger partial charge is 0.414 e. The Morgan fingerprint density at radius 2 is 2.03 bits per heavy atom. The maximum absolute atomic E-state index is 14.8. The molecule has 0 radical (unpaired) electrons. The third kappa shape index (κ3) is 4.62. The standard InChI is InChI=1S/C19H23F3N4O4/c20-15-9-13(25-11-14(30-19(25)28)10-23-18(27)17(21)22)3-4-16(15)24-5-6-26(12-1-2-12)29-8-7-24/h3-4,9,12,14,17H,1-2,5-8,10-11H2,(H,23,27). The first-order valence-corrected chi connectivity index (χ1v) is 9.90. The quantitative estimate of drug-likeness (QED) is 0.744. The first kappa shape index (κ1) is 20.7. The van der Waals surface area contributed by atoms with Gasteiger partial charge < -0.3 is 15.0 Å². The number of cyclic esters (lactones) is 1. The Hall–Kier alpha value is -2.53. The molecule has 0 spiro atoms. The zero-order valence-electron chi connectivity index (χ0n) is 16.2. The van der Waals surface area contributed by atoms with Gasteiger partial charge in [0.1, 0.15) is 11.9 Å². The number of alkyl halides is 2. The van der Waals surface area contributed by atoms with Crippen molar-refractivity contribution in [3.63, 3.8) is 0 Å². The third-order valence-corrected chi connectivity index (χ3v) is 5.32. The van der Waals surface area contributed by atoms with Crippen molar-refractivity contribution in [1.29, 1.82) is 0 Å². The summed E-state index contributed by atoms with van der Waals surface area (Å²) in [6.45, 7) is 2.13. The van der Waals surface area contributed by atoms with Gasteiger partial charge in [0.25, 0.3) is 5.91 Å². The highest BCUT2D eigenvalue weighted by Crippen LogP contribution is 2.30. The molecule has 164 valence electrons. The molecule has 1 unspecified atom stereocenters. The number of hydrogen-bond donors (Lipinski definition) is 1.